The van der Waals surface area contributed by atoms with Gasteiger partial charge in [-0.05, 0) is 42.2 Å². The second kappa shape index (κ2) is 4.57. The van der Waals surface area contributed by atoms with Gasteiger partial charge in [-0.2, -0.15) is 0 Å². The largest absolute Gasteiger partial charge is 0.0840 e. The van der Waals surface area contributed by atoms with Crippen molar-refractivity contribution in [3.63, 3.8) is 0 Å². The van der Waals surface area contributed by atoms with E-state index < -0.39 is 0 Å². The van der Waals surface area contributed by atoms with Crippen molar-refractivity contribution in [2.75, 3.05) is 0 Å². The molecule has 1 heteroatoms. The first kappa shape index (κ1) is 11.0. The Kier molecular flexibility index (Phi) is 3.35. The minimum atomic E-state index is 0.660. The molecule has 15 heavy (non-hydrogen) atoms. The van der Waals surface area contributed by atoms with Gasteiger partial charge in [0, 0.05) is 5.02 Å². The molecule has 0 heterocycles. The predicted octanol–water partition coefficient (Wildman–Crippen LogP) is 4.88. The van der Waals surface area contributed by atoms with Crippen molar-refractivity contribution < 1.29 is 0 Å². The molecule has 2 rings (SSSR count). The van der Waals surface area contributed by atoms with E-state index in [2.05, 4.69) is 26.0 Å². The van der Waals surface area contributed by atoms with Crippen LogP contribution in [0, 0.1) is 11.8 Å². The van der Waals surface area contributed by atoms with Gasteiger partial charge < -0.3 is 0 Å². The summed E-state index contributed by atoms with van der Waals surface area (Å²) in [5, 5.41) is 0.947. The first-order chi connectivity index (χ1) is 7.20. The highest BCUT2D eigenvalue weighted by atomic mass is 35.5. The molecule has 0 aliphatic heterocycles. The van der Waals surface area contributed by atoms with Gasteiger partial charge in [-0.3, -0.25) is 0 Å². The van der Waals surface area contributed by atoms with E-state index in [1.807, 2.05) is 12.1 Å². The second-order valence-corrected chi connectivity index (χ2v) is 5.39. The lowest BCUT2D eigenvalue weighted by Crippen LogP contribution is -2.24. The highest BCUT2D eigenvalue weighted by molar-refractivity contribution is 6.31. The maximum Gasteiger partial charge on any atom is 0.0441 e. The summed E-state index contributed by atoms with van der Waals surface area (Å²) in [5.74, 6) is 2.22. The van der Waals surface area contributed by atoms with Crippen LogP contribution in [0.1, 0.15) is 44.6 Å². The molecule has 0 amide bonds. The van der Waals surface area contributed by atoms with Crippen molar-refractivity contribution in [1.29, 1.82) is 0 Å². The molecule has 0 radical (unpaired) electrons. The number of benzene rings is 1. The molecule has 0 bridgehead atoms. The number of halogens is 1. The van der Waals surface area contributed by atoms with Crippen LogP contribution in [0.25, 0.3) is 0 Å². The van der Waals surface area contributed by atoms with Gasteiger partial charge in [0.15, 0.2) is 0 Å². The molecule has 82 valence electrons. The summed E-state index contributed by atoms with van der Waals surface area (Å²) in [5.41, 5.74) is 1.36. The van der Waals surface area contributed by atoms with Gasteiger partial charge in [-0.15, -0.1) is 0 Å². The van der Waals surface area contributed by atoms with E-state index in [1.165, 1.54) is 24.8 Å². The summed E-state index contributed by atoms with van der Waals surface area (Å²) >= 11 is 6.29. The summed E-state index contributed by atoms with van der Waals surface area (Å²) in [4.78, 5) is 0. The molecule has 1 aliphatic carbocycles. The Morgan fingerprint density at radius 3 is 2.33 bits per heavy atom. The van der Waals surface area contributed by atoms with Crippen LogP contribution in [-0.4, -0.2) is 0 Å². The Balaban J connectivity index is 2.27. The Labute approximate surface area is 97.6 Å². The average molecular weight is 223 g/mol. The van der Waals surface area contributed by atoms with Crippen LogP contribution < -0.4 is 0 Å². The normalized spacial score (nSPS) is 18.9. The van der Waals surface area contributed by atoms with E-state index in [0.29, 0.717) is 11.8 Å². The molecular weight excluding hydrogens is 204 g/mol. The average Bonchev–Trinajstić information content (AvgIpc) is 2.12. The van der Waals surface area contributed by atoms with E-state index in [4.69, 9.17) is 11.6 Å². The van der Waals surface area contributed by atoms with E-state index >= 15 is 0 Å². The molecule has 0 nitrogen and oxygen atoms in total. The summed E-state index contributed by atoms with van der Waals surface area (Å²) in [6, 6.07) is 8.34. The highest BCUT2D eigenvalue weighted by Gasteiger charge is 2.31. The zero-order valence-corrected chi connectivity index (χ0v) is 10.3. The van der Waals surface area contributed by atoms with Crippen molar-refractivity contribution >= 4 is 11.6 Å². The minimum Gasteiger partial charge on any atom is -0.0840 e. The van der Waals surface area contributed by atoms with Crippen molar-refractivity contribution in [3.05, 3.63) is 34.9 Å². The molecule has 1 unspecified atom stereocenters. The maximum absolute atomic E-state index is 6.29. The topological polar surface area (TPSA) is 0 Å². The maximum atomic E-state index is 6.29. The summed E-state index contributed by atoms with van der Waals surface area (Å²) < 4.78 is 0. The number of rotatable bonds is 3. The zero-order chi connectivity index (χ0) is 10.8. The molecule has 1 aliphatic rings. The number of hydrogen-bond donors (Lipinski definition) is 0. The van der Waals surface area contributed by atoms with Crippen LogP contribution in [-0.2, 0) is 0 Å². The van der Waals surface area contributed by atoms with Gasteiger partial charge in [0.2, 0.25) is 0 Å². The fourth-order valence-corrected chi connectivity index (χ4v) is 2.96. The van der Waals surface area contributed by atoms with E-state index in [9.17, 15) is 0 Å². The smallest absolute Gasteiger partial charge is 0.0441 e. The Bertz CT molecular complexity index is 326. The Morgan fingerprint density at radius 1 is 1.20 bits per heavy atom. The first-order valence-electron chi connectivity index (χ1n) is 5.94. The van der Waals surface area contributed by atoms with Crippen molar-refractivity contribution in [2.24, 2.45) is 11.8 Å². The van der Waals surface area contributed by atoms with E-state index in [1.54, 1.807) is 0 Å². The van der Waals surface area contributed by atoms with Gasteiger partial charge >= 0.3 is 0 Å². The minimum absolute atomic E-state index is 0.660. The third-order valence-corrected chi connectivity index (χ3v) is 3.98. The third-order valence-electron chi connectivity index (χ3n) is 3.64. The van der Waals surface area contributed by atoms with Crippen LogP contribution in [0.15, 0.2) is 24.3 Å². The lowest BCUT2D eigenvalue weighted by atomic mass is 9.68. The standard InChI is InChI=1S/C14H19Cl/c1-10(2)14(11-6-5-7-11)12-8-3-4-9-13(12)15/h3-4,8-11,14H,5-7H2,1-2H3. The van der Waals surface area contributed by atoms with Gasteiger partial charge in [-0.1, -0.05) is 50.1 Å². The summed E-state index contributed by atoms with van der Waals surface area (Å²) in [6.07, 6.45) is 4.17. The SMILES string of the molecule is CC(C)C(c1ccccc1Cl)C1CCC1. The second-order valence-electron chi connectivity index (χ2n) is 4.98. The summed E-state index contributed by atoms with van der Waals surface area (Å²) in [6.45, 7) is 4.62. The van der Waals surface area contributed by atoms with Crippen LogP contribution >= 0.6 is 11.6 Å². The van der Waals surface area contributed by atoms with Gasteiger partial charge in [0.05, 0.1) is 0 Å². The van der Waals surface area contributed by atoms with Gasteiger partial charge in [0.25, 0.3) is 0 Å². The molecule has 0 N–H and O–H groups in total. The molecular formula is C14H19Cl. The van der Waals surface area contributed by atoms with E-state index in [0.717, 1.165) is 10.9 Å². The number of hydrogen-bond acceptors (Lipinski definition) is 0. The molecule has 0 aromatic heterocycles. The van der Waals surface area contributed by atoms with Gasteiger partial charge in [-0.25, -0.2) is 0 Å². The molecule has 0 saturated heterocycles. The third kappa shape index (κ3) is 2.20. The summed E-state index contributed by atoms with van der Waals surface area (Å²) in [7, 11) is 0. The predicted molar refractivity (Wildman–Crippen MR) is 66.4 cm³/mol. The van der Waals surface area contributed by atoms with Crippen molar-refractivity contribution in [1.82, 2.24) is 0 Å². The molecule has 1 fully saturated rings. The van der Waals surface area contributed by atoms with Gasteiger partial charge in [0.1, 0.15) is 0 Å². The fraction of sp³-hybridized carbons (Fsp3) is 0.571. The van der Waals surface area contributed by atoms with Crippen molar-refractivity contribution in [3.8, 4) is 0 Å². The van der Waals surface area contributed by atoms with Crippen molar-refractivity contribution in [2.45, 2.75) is 39.0 Å². The van der Waals surface area contributed by atoms with E-state index in [-0.39, 0.29) is 0 Å². The molecule has 1 atom stereocenters. The monoisotopic (exact) mass is 222 g/mol. The lowest BCUT2D eigenvalue weighted by Gasteiger charge is -2.37. The quantitative estimate of drug-likeness (QED) is 0.684. The molecule has 1 aromatic carbocycles. The highest BCUT2D eigenvalue weighted by Crippen LogP contribution is 2.45. The lowest BCUT2D eigenvalue weighted by molar-refractivity contribution is 0.221. The van der Waals surface area contributed by atoms with Crippen LogP contribution in [0.2, 0.25) is 5.02 Å². The van der Waals surface area contributed by atoms with Crippen LogP contribution in [0.4, 0.5) is 0 Å². The Hall–Kier alpha value is -0.490. The molecule has 1 saturated carbocycles. The fourth-order valence-electron chi connectivity index (χ4n) is 2.70. The first-order valence-corrected chi connectivity index (χ1v) is 6.32. The zero-order valence-electron chi connectivity index (χ0n) is 9.54. The van der Waals surface area contributed by atoms with Crippen LogP contribution in [0.5, 0.6) is 0 Å². The molecule has 0 spiro atoms. The molecule has 1 aromatic rings. The van der Waals surface area contributed by atoms with Crippen LogP contribution in [0.3, 0.4) is 0 Å². The Morgan fingerprint density at radius 2 is 1.87 bits per heavy atom.